The predicted molar refractivity (Wildman–Crippen MR) is 79.6 cm³/mol. The van der Waals surface area contributed by atoms with Crippen LogP contribution in [-0.2, 0) is 0 Å². The van der Waals surface area contributed by atoms with Gasteiger partial charge in [-0.25, -0.2) is 0 Å². The highest BCUT2D eigenvalue weighted by Crippen LogP contribution is 2.22. The second-order valence-corrected chi connectivity index (χ2v) is 5.48. The monoisotopic (exact) mass is 250 g/mol. The van der Waals surface area contributed by atoms with Crippen LogP contribution in [0.25, 0.3) is 0 Å². The number of aryl methyl sites for hydroxylation is 1. The molecule has 0 radical (unpaired) electrons. The van der Waals surface area contributed by atoms with Crippen molar-refractivity contribution in [1.82, 2.24) is 0 Å². The van der Waals surface area contributed by atoms with Crippen LogP contribution >= 0.6 is 12.2 Å². The summed E-state index contributed by atoms with van der Waals surface area (Å²) in [5.74, 6) is 0.676. The van der Waals surface area contributed by atoms with Gasteiger partial charge in [-0.3, -0.25) is 0 Å². The number of anilines is 1. The summed E-state index contributed by atoms with van der Waals surface area (Å²) in [6.07, 6.45) is 1.13. The molecule has 0 aliphatic carbocycles. The predicted octanol–water partition coefficient (Wildman–Crippen LogP) is 3.48. The molecule has 17 heavy (non-hydrogen) atoms. The Morgan fingerprint density at radius 3 is 2.53 bits per heavy atom. The third-order valence-corrected chi connectivity index (χ3v) is 2.97. The van der Waals surface area contributed by atoms with Gasteiger partial charge in [0, 0.05) is 17.3 Å². The first-order chi connectivity index (χ1) is 7.91. The molecule has 0 spiro atoms. The Hall–Kier alpha value is -1.09. The first-order valence-electron chi connectivity index (χ1n) is 6.07. The molecule has 1 aromatic carbocycles. The van der Waals surface area contributed by atoms with Gasteiger partial charge in [0.05, 0.1) is 0 Å². The first kappa shape index (κ1) is 14.0. The third kappa shape index (κ3) is 4.00. The number of hydrogen-bond donors (Lipinski definition) is 2. The first-order valence-corrected chi connectivity index (χ1v) is 6.48. The SMILES string of the molecule is Cc1cccc(C(N)=S)c1NC(C)CC(C)C. The van der Waals surface area contributed by atoms with Gasteiger partial charge in [-0.1, -0.05) is 38.2 Å². The summed E-state index contributed by atoms with van der Waals surface area (Å²) in [7, 11) is 0. The second-order valence-electron chi connectivity index (χ2n) is 5.04. The van der Waals surface area contributed by atoms with E-state index < -0.39 is 0 Å². The summed E-state index contributed by atoms with van der Waals surface area (Å²) in [5, 5.41) is 3.52. The molecule has 1 unspecified atom stereocenters. The average Bonchev–Trinajstić information content (AvgIpc) is 2.19. The van der Waals surface area contributed by atoms with Gasteiger partial charge in [-0.2, -0.15) is 0 Å². The van der Waals surface area contributed by atoms with Crippen LogP contribution < -0.4 is 11.1 Å². The smallest absolute Gasteiger partial charge is 0.106 e. The van der Waals surface area contributed by atoms with Crippen LogP contribution in [0.5, 0.6) is 0 Å². The van der Waals surface area contributed by atoms with E-state index in [1.165, 1.54) is 5.56 Å². The summed E-state index contributed by atoms with van der Waals surface area (Å²) in [6.45, 7) is 8.72. The van der Waals surface area contributed by atoms with Crippen LogP contribution in [0.1, 0.15) is 38.3 Å². The minimum absolute atomic E-state index is 0.421. The Morgan fingerprint density at radius 2 is 2.00 bits per heavy atom. The fourth-order valence-electron chi connectivity index (χ4n) is 2.08. The quantitative estimate of drug-likeness (QED) is 0.786. The van der Waals surface area contributed by atoms with Gasteiger partial charge in [0.1, 0.15) is 4.99 Å². The topological polar surface area (TPSA) is 38.0 Å². The molecule has 1 rings (SSSR count). The maximum absolute atomic E-state index is 5.75. The fourth-order valence-corrected chi connectivity index (χ4v) is 2.25. The van der Waals surface area contributed by atoms with Gasteiger partial charge in [0.25, 0.3) is 0 Å². The fraction of sp³-hybridized carbons (Fsp3) is 0.500. The second kappa shape index (κ2) is 6.01. The van der Waals surface area contributed by atoms with Crippen LogP contribution in [0.4, 0.5) is 5.69 Å². The van der Waals surface area contributed by atoms with Crippen LogP contribution in [0, 0.1) is 12.8 Å². The zero-order valence-electron chi connectivity index (χ0n) is 11.1. The van der Waals surface area contributed by atoms with Gasteiger partial charge >= 0.3 is 0 Å². The zero-order chi connectivity index (χ0) is 13.0. The Morgan fingerprint density at radius 1 is 1.35 bits per heavy atom. The van der Waals surface area contributed by atoms with Crippen molar-refractivity contribution in [2.24, 2.45) is 11.7 Å². The van der Waals surface area contributed by atoms with E-state index >= 15 is 0 Å². The minimum atomic E-state index is 0.421. The van der Waals surface area contributed by atoms with Crippen molar-refractivity contribution in [3.05, 3.63) is 29.3 Å². The molecule has 0 saturated heterocycles. The van der Waals surface area contributed by atoms with E-state index in [1.807, 2.05) is 12.1 Å². The Bertz CT molecular complexity index is 399. The molecule has 0 amide bonds. The Balaban J connectivity index is 2.92. The van der Waals surface area contributed by atoms with Crippen molar-refractivity contribution < 1.29 is 0 Å². The van der Waals surface area contributed by atoms with Gasteiger partial charge in [-0.05, 0) is 37.8 Å². The lowest BCUT2D eigenvalue weighted by Crippen LogP contribution is -2.21. The van der Waals surface area contributed by atoms with E-state index in [0.29, 0.717) is 16.9 Å². The summed E-state index contributed by atoms with van der Waals surface area (Å²) in [6, 6.07) is 6.46. The Kier molecular flexibility index (Phi) is 4.94. The van der Waals surface area contributed by atoms with Crippen molar-refractivity contribution in [1.29, 1.82) is 0 Å². The highest BCUT2D eigenvalue weighted by molar-refractivity contribution is 7.80. The summed E-state index contributed by atoms with van der Waals surface area (Å²) >= 11 is 5.09. The molecule has 0 aliphatic heterocycles. The van der Waals surface area contributed by atoms with E-state index in [9.17, 15) is 0 Å². The third-order valence-electron chi connectivity index (χ3n) is 2.75. The number of nitrogens with two attached hydrogens (primary N) is 1. The molecule has 0 bridgehead atoms. The van der Waals surface area contributed by atoms with E-state index in [0.717, 1.165) is 17.7 Å². The van der Waals surface area contributed by atoms with Gasteiger partial charge in [-0.15, -0.1) is 0 Å². The number of benzene rings is 1. The van der Waals surface area contributed by atoms with Crippen LogP contribution in [0.2, 0.25) is 0 Å². The molecule has 3 N–H and O–H groups in total. The van der Waals surface area contributed by atoms with Gasteiger partial charge in [0.15, 0.2) is 0 Å². The maximum atomic E-state index is 5.75. The standard InChI is InChI=1S/C14H22N2S/c1-9(2)8-11(4)16-13-10(3)6-5-7-12(13)14(15)17/h5-7,9,11,16H,8H2,1-4H3,(H2,15,17). The molecule has 2 nitrogen and oxygen atoms in total. The molecular weight excluding hydrogens is 228 g/mol. The highest BCUT2D eigenvalue weighted by atomic mass is 32.1. The van der Waals surface area contributed by atoms with Crippen molar-refractivity contribution in [3.63, 3.8) is 0 Å². The molecule has 0 aromatic heterocycles. The molecule has 0 aliphatic rings. The Labute approximate surface area is 110 Å². The molecule has 94 valence electrons. The molecule has 1 atom stereocenters. The van der Waals surface area contributed by atoms with Gasteiger partial charge in [0.2, 0.25) is 0 Å². The van der Waals surface area contributed by atoms with E-state index in [2.05, 4.69) is 39.1 Å². The summed E-state index contributed by atoms with van der Waals surface area (Å²) < 4.78 is 0. The average molecular weight is 250 g/mol. The van der Waals surface area contributed by atoms with Crippen LogP contribution in [0.15, 0.2) is 18.2 Å². The van der Waals surface area contributed by atoms with Crippen LogP contribution in [-0.4, -0.2) is 11.0 Å². The van der Waals surface area contributed by atoms with Crippen LogP contribution in [0.3, 0.4) is 0 Å². The highest BCUT2D eigenvalue weighted by Gasteiger charge is 2.11. The molecule has 1 aromatic rings. The van der Waals surface area contributed by atoms with E-state index in [1.54, 1.807) is 0 Å². The minimum Gasteiger partial charge on any atom is -0.389 e. The molecular formula is C14H22N2S. The summed E-state index contributed by atoms with van der Waals surface area (Å²) in [5.41, 5.74) is 8.96. The van der Waals surface area contributed by atoms with E-state index in [-0.39, 0.29) is 0 Å². The lowest BCUT2D eigenvalue weighted by molar-refractivity contribution is 0.539. The molecule has 0 fully saturated rings. The number of thiocarbonyl (C=S) groups is 1. The van der Waals surface area contributed by atoms with Crippen molar-refractivity contribution >= 4 is 22.9 Å². The number of hydrogen-bond acceptors (Lipinski definition) is 2. The lowest BCUT2D eigenvalue weighted by atomic mass is 10.0. The molecule has 0 saturated carbocycles. The largest absolute Gasteiger partial charge is 0.389 e. The van der Waals surface area contributed by atoms with Crippen molar-refractivity contribution in [3.8, 4) is 0 Å². The molecule has 0 heterocycles. The number of para-hydroxylation sites is 1. The van der Waals surface area contributed by atoms with E-state index in [4.69, 9.17) is 18.0 Å². The number of nitrogens with one attached hydrogen (secondary N) is 1. The summed E-state index contributed by atoms with van der Waals surface area (Å²) in [4.78, 5) is 0.452. The molecule has 3 heteroatoms. The maximum Gasteiger partial charge on any atom is 0.106 e. The van der Waals surface area contributed by atoms with Crippen molar-refractivity contribution in [2.45, 2.75) is 40.2 Å². The number of rotatable bonds is 5. The van der Waals surface area contributed by atoms with Crippen molar-refractivity contribution in [2.75, 3.05) is 5.32 Å². The lowest BCUT2D eigenvalue weighted by Gasteiger charge is -2.21. The van der Waals surface area contributed by atoms with Gasteiger partial charge < -0.3 is 11.1 Å². The zero-order valence-corrected chi connectivity index (χ0v) is 11.9. The normalized spacial score (nSPS) is 12.5.